The van der Waals surface area contributed by atoms with Crippen LogP contribution in [0.25, 0.3) is 0 Å². The molecule has 0 saturated heterocycles. The molecule has 0 aliphatic carbocycles. The summed E-state index contributed by atoms with van der Waals surface area (Å²) < 4.78 is 15.9. The van der Waals surface area contributed by atoms with Gasteiger partial charge in [-0.1, -0.05) is 62.1 Å². The topological polar surface area (TPSA) is 27.7 Å². The normalized spacial score (nSPS) is 11.1. The highest BCUT2D eigenvalue weighted by molar-refractivity contribution is 5.33. The lowest BCUT2D eigenvalue weighted by atomic mass is 10.1. The van der Waals surface area contributed by atoms with E-state index in [2.05, 4.69) is 24.0 Å². The number of rotatable bonds is 12. The van der Waals surface area contributed by atoms with Gasteiger partial charge in [0.05, 0.1) is 0 Å². The Hall–Kier alpha value is -1.34. The largest absolute Gasteiger partial charge is 0.331 e. The molecule has 1 aromatic rings. The fourth-order valence-electron chi connectivity index (χ4n) is 2.68. The predicted octanol–water partition coefficient (Wildman–Crippen LogP) is 5.14. The zero-order valence-electron chi connectivity index (χ0n) is 15.5. The average Bonchev–Trinajstić information content (AvgIpc) is 2.64. The van der Waals surface area contributed by atoms with Crippen molar-refractivity contribution in [1.82, 2.24) is 0 Å². The zero-order chi connectivity index (χ0) is 17.5. The molecule has 0 saturated carbocycles. The van der Waals surface area contributed by atoms with Crippen LogP contribution in [0.5, 0.6) is 0 Å². The lowest BCUT2D eigenvalue weighted by molar-refractivity contribution is -0.355. The molecule has 0 bridgehead atoms. The summed E-state index contributed by atoms with van der Waals surface area (Å²) in [5, 5.41) is 0. The van der Waals surface area contributed by atoms with Gasteiger partial charge in [0.25, 0.3) is 5.97 Å². The first-order chi connectivity index (χ1) is 11.8. The summed E-state index contributed by atoms with van der Waals surface area (Å²) in [6.45, 7) is 0. The quantitative estimate of drug-likeness (QED) is 0.301. The van der Waals surface area contributed by atoms with Gasteiger partial charge in [-0.2, -0.15) is 0 Å². The van der Waals surface area contributed by atoms with Crippen LogP contribution >= 0.6 is 0 Å². The van der Waals surface area contributed by atoms with E-state index in [1.807, 2.05) is 18.2 Å². The van der Waals surface area contributed by atoms with Crippen molar-refractivity contribution < 1.29 is 14.2 Å². The molecule has 1 rings (SSSR count). The van der Waals surface area contributed by atoms with Gasteiger partial charge in [0.2, 0.25) is 0 Å². The maximum absolute atomic E-state index is 5.29. The molecule has 0 aromatic heterocycles. The van der Waals surface area contributed by atoms with Crippen molar-refractivity contribution in [2.45, 2.75) is 63.8 Å². The molecular formula is C21H32O3. The van der Waals surface area contributed by atoms with Crippen LogP contribution in [-0.4, -0.2) is 27.3 Å². The summed E-state index contributed by atoms with van der Waals surface area (Å²) in [6, 6.07) is 10.2. The Labute approximate surface area is 147 Å². The number of unbranched alkanes of at least 4 members (excludes halogenated alkanes) is 7. The first kappa shape index (κ1) is 20.7. The maximum Gasteiger partial charge on any atom is 0.282 e. The molecule has 0 aliphatic rings. The minimum absolute atomic E-state index is 0.769. The van der Waals surface area contributed by atoms with E-state index in [-0.39, 0.29) is 0 Å². The third kappa shape index (κ3) is 8.49. The van der Waals surface area contributed by atoms with Crippen molar-refractivity contribution >= 4 is 0 Å². The van der Waals surface area contributed by atoms with E-state index in [0.717, 1.165) is 24.8 Å². The molecule has 0 unspecified atom stereocenters. The van der Waals surface area contributed by atoms with Crippen LogP contribution in [0.1, 0.15) is 63.4 Å². The molecular weight excluding hydrogens is 300 g/mol. The van der Waals surface area contributed by atoms with E-state index in [1.54, 1.807) is 21.3 Å². The van der Waals surface area contributed by atoms with Crippen molar-refractivity contribution in [2.24, 2.45) is 0 Å². The smallest absolute Gasteiger partial charge is 0.282 e. The standard InChI is InChI=1S/C21H32O3/c1-22-21(23-2,24-3)19-15-10-8-6-4-5-7-9-12-16-20-17-13-11-14-18-20/h11,13-14,17-18H,4-10,15,19H2,1-3H3. The summed E-state index contributed by atoms with van der Waals surface area (Å²) >= 11 is 0. The molecule has 0 amide bonds. The van der Waals surface area contributed by atoms with Gasteiger partial charge in [0.15, 0.2) is 0 Å². The van der Waals surface area contributed by atoms with E-state index >= 15 is 0 Å². The van der Waals surface area contributed by atoms with Crippen molar-refractivity contribution in [3.05, 3.63) is 35.9 Å². The predicted molar refractivity (Wildman–Crippen MR) is 98.6 cm³/mol. The van der Waals surface area contributed by atoms with Gasteiger partial charge < -0.3 is 14.2 Å². The SMILES string of the molecule is COC(CCCCCCCCCC#Cc1ccccc1)(OC)OC. The molecule has 134 valence electrons. The third-order valence-corrected chi connectivity index (χ3v) is 4.22. The minimum atomic E-state index is -0.864. The molecule has 24 heavy (non-hydrogen) atoms. The van der Waals surface area contributed by atoms with E-state index < -0.39 is 5.97 Å². The Balaban J connectivity index is 1.97. The number of hydrogen-bond donors (Lipinski definition) is 0. The maximum atomic E-state index is 5.29. The molecule has 0 aliphatic heterocycles. The fraction of sp³-hybridized carbons (Fsp3) is 0.619. The Kier molecular flexibility index (Phi) is 11.2. The van der Waals surface area contributed by atoms with Crippen LogP contribution in [0.2, 0.25) is 0 Å². The van der Waals surface area contributed by atoms with Crippen molar-refractivity contribution in [3.8, 4) is 11.8 Å². The Morgan fingerprint density at radius 3 is 1.88 bits per heavy atom. The van der Waals surface area contributed by atoms with Crippen LogP contribution < -0.4 is 0 Å². The summed E-state index contributed by atoms with van der Waals surface area (Å²) in [4.78, 5) is 0. The second-order valence-corrected chi connectivity index (χ2v) is 5.94. The number of hydrogen-bond acceptors (Lipinski definition) is 3. The first-order valence-electron chi connectivity index (χ1n) is 8.95. The Morgan fingerprint density at radius 1 is 0.750 bits per heavy atom. The van der Waals surface area contributed by atoms with Crippen LogP contribution in [-0.2, 0) is 14.2 Å². The van der Waals surface area contributed by atoms with Gasteiger partial charge in [-0.05, 0) is 25.0 Å². The highest BCUT2D eigenvalue weighted by Gasteiger charge is 2.28. The number of benzene rings is 1. The molecule has 0 fully saturated rings. The minimum Gasteiger partial charge on any atom is -0.331 e. The number of methoxy groups -OCH3 is 3. The highest BCUT2D eigenvalue weighted by atomic mass is 16.9. The van der Waals surface area contributed by atoms with Crippen LogP contribution in [0.4, 0.5) is 0 Å². The van der Waals surface area contributed by atoms with E-state index in [0.29, 0.717) is 0 Å². The number of ether oxygens (including phenoxy) is 3. The lowest BCUT2D eigenvalue weighted by Crippen LogP contribution is -2.35. The molecule has 0 heterocycles. The fourth-order valence-corrected chi connectivity index (χ4v) is 2.68. The summed E-state index contributed by atoms with van der Waals surface area (Å²) in [6.07, 6.45) is 10.3. The van der Waals surface area contributed by atoms with Gasteiger partial charge in [-0.25, -0.2) is 0 Å². The summed E-state index contributed by atoms with van der Waals surface area (Å²) in [5.41, 5.74) is 1.11. The van der Waals surface area contributed by atoms with Gasteiger partial charge >= 0.3 is 0 Å². The summed E-state index contributed by atoms with van der Waals surface area (Å²) in [7, 11) is 4.86. The Bertz CT molecular complexity index is 461. The molecule has 3 nitrogen and oxygen atoms in total. The van der Waals surface area contributed by atoms with E-state index in [4.69, 9.17) is 14.2 Å². The molecule has 0 radical (unpaired) electrons. The van der Waals surface area contributed by atoms with Gasteiger partial charge in [-0.15, -0.1) is 0 Å². The molecule has 3 heteroatoms. The van der Waals surface area contributed by atoms with Gasteiger partial charge in [-0.3, -0.25) is 0 Å². The average molecular weight is 332 g/mol. The second-order valence-electron chi connectivity index (χ2n) is 5.94. The monoisotopic (exact) mass is 332 g/mol. The molecule has 0 spiro atoms. The molecule has 1 aromatic carbocycles. The van der Waals surface area contributed by atoms with E-state index in [9.17, 15) is 0 Å². The zero-order valence-corrected chi connectivity index (χ0v) is 15.5. The Morgan fingerprint density at radius 2 is 1.29 bits per heavy atom. The first-order valence-corrected chi connectivity index (χ1v) is 8.95. The van der Waals surface area contributed by atoms with Crippen LogP contribution in [0.3, 0.4) is 0 Å². The van der Waals surface area contributed by atoms with Gasteiger partial charge in [0.1, 0.15) is 0 Å². The third-order valence-electron chi connectivity index (χ3n) is 4.22. The highest BCUT2D eigenvalue weighted by Crippen LogP contribution is 2.21. The van der Waals surface area contributed by atoms with Crippen molar-refractivity contribution in [2.75, 3.05) is 21.3 Å². The van der Waals surface area contributed by atoms with Crippen molar-refractivity contribution in [3.63, 3.8) is 0 Å². The molecule has 0 atom stereocenters. The van der Waals surface area contributed by atoms with Crippen LogP contribution in [0.15, 0.2) is 30.3 Å². The van der Waals surface area contributed by atoms with E-state index in [1.165, 1.54) is 38.5 Å². The van der Waals surface area contributed by atoms with Crippen molar-refractivity contribution in [1.29, 1.82) is 0 Å². The lowest BCUT2D eigenvalue weighted by Gasteiger charge is -2.28. The summed E-state index contributed by atoms with van der Waals surface area (Å²) in [5.74, 6) is 5.60. The van der Waals surface area contributed by atoms with Crippen LogP contribution in [0, 0.1) is 11.8 Å². The molecule has 0 N–H and O–H groups in total. The second kappa shape index (κ2) is 13.0. The van der Waals surface area contributed by atoms with Gasteiger partial charge in [0, 0.05) is 39.7 Å².